The molecule has 0 atom stereocenters. The lowest BCUT2D eigenvalue weighted by Gasteiger charge is -2.31. The van der Waals surface area contributed by atoms with Gasteiger partial charge in [0.05, 0.1) is 0 Å². The fourth-order valence-corrected chi connectivity index (χ4v) is 3.30. The zero-order chi connectivity index (χ0) is 17.8. The lowest BCUT2D eigenvalue weighted by atomic mass is 9.95. The number of aryl methyl sites for hydroxylation is 2. The second-order valence-corrected chi connectivity index (χ2v) is 6.74. The SMILES string of the molecule is Cc1cccc(NC(=O)C2CCN(C(=O)c3ccccc3C)CC2)c1. The number of piperidine rings is 1. The molecule has 1 N–H and O–H groups in total. The molecule has 4 heteroatoms. The van der Waals surface area contributed by atoms with Gasteiger partial charge in [0.15, 0.2) is 0 Å². The highest BCUT2D eigenvalue weighted by atomic mass is 16.2. The normalized spacial score (nSPS) is 15.0. The summed E-state index contributed by atoms with van der Waals surface area (Å²) in [6.45, 7) is 5.21. The monoisotopic (exact) mass is 336 g/mol. The molecule has 1 aliphatic rings. The van der Waals surface area contributed by atoms with E-state index in [9.17, 15) is 9.59 Å². The molecule has 1 fully saturated rings. The van der Waals surface area contributed by atoms with Gasteiger partial charge < -0.3 is 10.2 Å². The van der Waals surface area contributed by atoms with Crippen molar-refractivity contribution in [1.82, 2.24) is 4.90 Å². The predicted molar refractivity (Wildman–Crippen MR) is 99.6 cm³/mol. The van der Waals surface area contributed by atoms with Crippen molar-refractivity contribution in [2.24, 2.45) is 5.92 Å². The summed E-state index contributed by atoms with van der Waals surface area (Å²) >= 11 is 0. The smallest absolute Gasteiger partial charge is 0.254 e. The van der Waals surface area contributed by atoms with Crippen LogP contribution in [0.3, 0.4) is 0 Å². The van der Waals surface area contributed by atoms with Crippen molar-refractivity contribution >= 4 is 17.5 Å². The van der Waals surface area contributed by atoms with E-state index in [1.165, 1.54) is 0 Å². The number of nitrogens with one attached hydrogen (secondary N) is 1. The first-order valence-corrected chi connectivity index (χ1v) is 8.77. The highest BCUT2D eigenvalue weighted by Crippen LogP contribution is 2.22. The van der Waals surface area contributed by atoms with Gasteiger partial charge in [-0.25, -0.2) is 0 Å². The molecule has 1 heterocycles. The number of carbonyl (C=O) groups excluding carboxylic acids is 2. The summed E-state index contributed by atoms with van der Waals surface area (Å²) in [5, 5.41) is 2.99. The van der Waals surface area contributed by atoms with Gasteiger partial charge in [0.25, 0.3) is 5.91 Å². The number of likely N-dealkylation sites (tertiary alicyclic amines) is 1. The molecule has 2 amide bonds. The summed E-state index contributed by atoms with van der Waals surface area (Å²) < 4.78 is 0. The summed E-state index contributed by atoms with van der Waals surface area (Å²) in [7, 11) is 0. The number of hydrogen-bond donors (Lipinski definition) is 1. The van der Waals surface area contributed by atoms with E-state index in [4.69, 9.17) is 0 Å². The molecular weight excluding hydrogens is 312 g/mol. The third-order valence-electron chi connectivity index (χ3n) is 4.81. The molecule has 0 unspecified atom stereocenters. The maximum atomic E-state index is 12.7. The molecule has 0 radical (unpaired) electrons. The number of carbonyl (C=O) groups is 2. The molecule has 130 valence electrons. The molecule has 4 nitrogen and oxygen atoms in total. The summed E-state index contributed by atoms with van der Waals surface area (Å²) in [5.74, 6) is 0.0747. The average molecular weight is 336 g/mol. The molecule has 0 spiro atoms. The first-order valence-electron chi connectivity index (χ1n) is 8.77. The first-order chi connectivity index (χ1) is 12.0. The lowest BCUT2D eigenvalue weighted by molar-refractivity contribution is -0.121. The van der Waals surface area contributed by atoms with Gasteiger partial charge >= 0.3 is 0 Å². The molecule has 0 aliphatic carbocycles. The van der Waals surface area contributed by atoms with Crippen LogP contribution in [0.4, 0.5) is 5.69 Å². The fourth-order valence-electron chi connectivity index (χ4n) is 3.30. The molecule has 1 saturated heterocycles. The van der Waals surface area contributed by atoms with Crippen LogP contribution in [-0.4, -0.2) is 29.8 Å². The van der Waals surface area contributed by atoms with E-state index in [0.717, 1.165) is 22.4 Å². The fraction of sp³-hybridized carbons (Fsp3) is 0.333. The molecular formula is C21H24N2O2. The molecule has 0 saturated carbocycles. The van der Waals surface area contributed by atoms with Gasteiger partial charge in [-0.3, -0.25) is 9.59 Å². The lowest BCUT2D eigenvalue weighted by Crippen LogP contribution is -2.41. The van der Waals surface area contributed by atoms with Gasteiger partial charge in [0.1, 0.15) is 0 Å². The van der Waals surface area contributed by atoms with Crippen LogP contribution in [0.5, 0.6) is 0 Å². The van der Waals surface area contributed by atoms with Crippen molar-refractivity contribution in [2.45, 2.75) is 26.7 Å². The Morgan fingerprint density at radius 1 is 1.00 bits per heavy atom. The van der Waals surface area contributed by atoms with Crippen molar-refractivity contribution in [3.63, 3.8) is 0 Å². The van der Waals surface area contributed by atoms with Crippen molar-refractivity contribution in [2.75, 3.05) is 18.4 Å². The predicted octanol–water partition coefficient (Wildman–Crippen LogP) is 3.79. The Labute approximate surface area is 148 Å². The van der Waals surface area contributed by atoms with Crippen LogP contribution in [-0.2, 0) is 4.79 Å². The maximum Gasteiger partial charge on any atom is 0.254 e. The van der Waals surface area contributed by atoms with Crippen LogP contribution in [0.1, 0.15) is 34.3 Å². The Kier molecular flexibility index (Phi) is 5.17. The van der Waals surface area contributed by atoms with Gasteiger partial charge in [0.2, 0.25) is 5.91 Å². The van der Waals surface area contributed by atoms with E-state index < -0.39 is 0 Å². The van der Waals surface area contributed by atoms with Gasteiger partial charge in [-0.1, -0.05) is 30.3 Å². The van der Waals surface area contributed by atoms with E-state index in [0.29, 0.717) is 25.9 Å². The van der Waals surface area contributed by atoms with Gasteiger partial charge in [0, 0.05) is 30.3 Å². The Morgan fingerprint density at radius 3 is 2.40 bits per heavy atom. The van der Waals surface area contributed by atoms with Crippen molar-refractivity contribution in [3.8, 4) is 0 Å². The minimum absolute atomic E-state index is 0.0403. The van der Waals surface area contributed by atoms with E-state index >= 15 is 0 Å². The quantitative estimate of drug-likeness (QED) is 0.927. The maximum absolute atomic E-state index is 12.7. The topological polar surface area (TPSA) is 49.4 Å². The van der Waals surface area contributed by atoms with Gasteiger partial charge in [-0.2, -0.15) is 0 Å². The minimum atomic E-state index is -0.0403. The zero-order valence-electron chi connectivity index (χ0n) is 14.8. The minimum Gasteiger partial charge on any atom is -0.339 e. The van der Waals surface area contributed by atoms with Gasteiger partial charge in [-0.15, -0.1) is 0 Å². The van der Waals surface area contributed by atoms with Crippen LogP contribution >= 0.6 is 0 Å². The largest absolute Gasteiger partial charge is 0.339 e. The Bertz CT molecular complexity index is 777. The number of benzene rings is 2. The van der Waals surface area contributed by atoms with Crippen LogP contribution in [0, 0.1) is 19.8 Å². The van der Waals surface area contributed by atoms with E-state index in [1.54, 1.807) is 0 Å². The Morgan fingerprint density at radius 2 is 1.72 bits per heavy atom. The van der Waals surface area contributed by atoms with Gasteiger partial charge in [-0.05, 0) is 56.0 Å². The van der Waals surface area contributed by atoms with Crippen molar-refractivity contribution in [3.05, 3.63) is 65.2 Å². The third-order valence-corrected chi connectivity index (χ3v) is 4.81. The summed E-state index contributed by atoms with van der Waals surface area (Å²) in [4.78, 5) is 27.0. The van der Waals surface area contributed by atoms with Crippen LogP contribution < -0.4 is 5.32 Å². The number of anilines is 1. The highest BCUT2D eigenvalue weighted by molar-refractivity contribution is 5.96. The van der Waals surface area contributed by atoms with E-state index in [2.05, 4.69) is 5.32 Å². The molecule has 0 bridgehead atoms. The molecule has 2 aromatic carbocycles. The van der Waals surface area contributed by atoms with Crippen LogP contribution in [0.15, 0.2) is 48.5 Å². The van der Waals surface area contributed by atoms with Crippen molar-refractivity contribution < 1.29 is 9.59 Å². The number of amides is 2. The number of hydrogen-bond acceptors (Lipinski definition) is 2. The number of rotatable bonds is 3. The second-order valence-electron chi connectivity index (χ2n) is 6.74. The first kappa shape index (κ1) is 17.2. The Hall–Kier alpha value is -2.62. The average Bonchev–Trinajstić information content (AvgIpc) is 2.62. The molecule has 1 aliphatic heterocycles. The van der Waals surface area contributed by atoms with E-state index in [-0.39, 0.29) is 17.7 Å². The van der Waals surface area contributed by atoms with Crippen LogP contribution in [0.25, 0.3) is 0 Å². The summed E-state index contributed by atoms with van der Waals surface area (Å²) in [6, 6.07) is 15.5. The van der Waals surface area contributed by atoms with E-state index in [1.807, 2.05) is 67.3 Å². The van der Waals surface area contributed by atoms with Crippen LogP contribution in [0.2, 0.25) is 0 Å². The second kappa shape index (κ2) is 7.51. The standard InChI is InChI=1S/C21H24N2O2/c1-15-6-5-8-18(14-15)22-20(24)17-10-12-23(13-11-17)21(25)19-9-4-3-7-16(19)2/h3-9,14,17H,10-13H2,1-2H3,(H,22,24). The Balaban J connectivity index is 1.57. The molecule has 2 aromatic rings. The molecule has 25 heavy (non-hydrogen) atoms. The summed E-state index contributed by atoms with van der Waals surface area (Å²) in [5.41, 5.74) is 3.71. The zero-order valence-corrected chi connectivity index (χ0v) is 14.8. The third kappa shape index (κ3) is 4.08. The molecule has 0 aromatic heterocycles. The molecule has 3 rings (SSSR count). The van der Waals surface area contributed by atoms with Crippen molar-refractivity contribution in [1.29, 1.82) is 0 Å². The summed E-state index contributed by atoms with van der Waals surface area (Å²) in [6.07, 6.45) is 1.41. The number of nitrogens with zero attached hydrogens (tertiary/aromatic N) is 1. The highest BCUT2D eigenvalue weighted by Gasteiger charge is 2.28.